The van der Waals surface area contributed by atoms with E-state index in [4.69, 9.17) is 16.3 Å². The second-order valence-corrected chi connectivity index (χ2v) is 3.59. The molecule has 1 aromatic carbocycles. The number of benzene rings is 1. The predicted molar refractivity (Wildman–Crippen MR) is 61.1 cm³/mol. The molecule has 0 radical (unpaired) electrons. The molecule has 0 amide bonds. The van der Waals surface area contributed by atoms with Crippen LogP contribution in [0, 0.1) is 0 Å². The van der Waals surface area contributed by atoms with E-state index in [-0.39, 0.29) is 11.1 Å². The second-order valence-electron chi connectivity index (χ2n) is 3.25. The summed E-state index contributed by atoms with van der Waals surface area (Å²) >= 11 is 5.77. The SMILES string of the molecule is COc1cccc2c(C(C)=O)nc(Cl)nc12. The molecule has 1 heterocycles. The Morgan fingerprint density at radius 3 is 2.75 bits per heavy atom. The van der Waals surface area contributed by atoms with Crippen molar-refractivity contribution in [3.05, 3.63) is 29.2 Å². The first-order valence-electron chi connectivity index (χ1n) is 4.64. The van der Waals surface area contributed by atoms with E-state index < -0.39 is 0 Å². The zero-order valence-electron chi connectivity index (χ0n) is 8.82. The molecule has 0 unspecified atom stereocenters. The number of rotatable bonds is 2. The van der Waals surface area contributed by atoms with Gasteiger partial charge in [-0.1, -0.05) is 12.1 Å². The fourth-order valence-electron chi connectivity index (χ4n) is 1.53. The summed E-state index contributed by atoms with van der Waals surface area (Å²) in [7, 11) is 1.54. The van der Waals surface area contributed by atoms with E-state index in [0.717, 1.165) is 0 Å². The minimum atomic E-state index is -0.150. The minimum Gasteiger partial charge on any atom is -0.494 e. The van der Waals surface area contributed by atoms with Crippen LogP contribution in [0.3, 0.4) is 0 Å². The lowest BCUT2D eigenvalue weighted by Crippen LogP contribution is -2.01. The molecule has 0 spiro atoms. The number of carbonyl (C=O) groups excluding carboxylic acids is 1. The molecule has 5 heteroatoms. The van der Waals surface area contributed by atoms with Crippen molar-refractivity contribution in [2.75, 3.05) is 7.11 Å². The lowest BCUT2D eigenvalue weighted by Gasteiger charge is -2.06. The summed E-state index contributed by atoms with van der Waals surface area (Å²) in [5.41, 5.74) is 0.865. The summed E-state index contributed by atoms with van der Waals surface area (Å²) in [4.78, 5) is 19.4. The molecular formula is C11H9ClN2O2. The third-order valence-electron chi connectivity index (χ3n) is 2.22. The first-order chi connectivity index (χ1) is 7.63. The van der Waals surface area contributed by atoms with E-state index in [1.165, 1.54) is 14.0 Å². The van der Waals surface area contributed by atoms with E-state index in [9.17, 15) is 4.79 Å². The number of aromatic nitrogens is 2. The molecule has 2 rings (SSSR count). The molecule has 0 saturated carbocycles. The highest BCUT2D eigenvalue weighted by atomic mass is 35.5. The maximum absolute atomic E-state index is 11.4. The number of Topliss-reactive ketones (excluding diaryl/α,β-unsaturated/α-hetero) is 1. The Labute approximate surface area is 97.2 Å². The van der Waals surface area contributed by atoms with Gasteiger partial charge in [0.15, 0.2) is 5.78 Å². The van der Waals surface area contributed by atoms with E-state index in [1.54, 1.807) is 18.2 Å². The van der Waals surface area contributed by atoms with E-state index >= 15 is 0 Å². The topological polar surface area (TPSA) is 52.1 Å². The van der Waals surface area contributed by atoms with Gasteiger partial charge < -0.3 is 4.74 Å². The fraction of sp³-hybridized carbons (Fsp3) is 0.182. The molecule has 0 fully saturated rings. The Morgan fingerprint density at radius 1 is 1.38 bits per heavy atom. The molecule has 0 saturated heterocycles. The number of para-hydroxylation sites is 1. The highest BCUT2D eigenvalue weighted by molar-refractivity contribution is 6.29. The Hall–Kier alpha value is -1.68. The zero-order chi connectivity index (χ0) is 11.7. The van der Waals surface area contributed by atoms with Crippen LogP contribution in [-0.4, -0.2) is 22.9 Å². The van der Waals surface area contributed by atoms with Crippen LogP contribution in [-0.2, 0) is 0 Å². The van der Waals surface area contributed by atoms with Crippen LogP contribution >= 0.6 is 11.6 Å². The molecule has 1 aromatic heterocycles. The van der Waals surface area contributed by atoms with Gasteiger partial charge in [0.1, 0.15) is 17.0 Å². The number of fused-ring (bicyclic) bond motifs is 1. The maximum Gasteiger partial charge on any atom is 0.223 e. The van der Waals surface area contributed by atoms with Crippen molar-refractivity contribution in [3.63, 3.8) is 0 Å². The number of hydrogen-bond donors (Lipinski definition) is 0. The summed E-state index contributed by atoms with van der Waals surface area (Å²) in [5.74, 6) is 0.423. The first-order valence-corrected chi connectivity index (χ1v) is 5.02. The van der Waals surface area contributed by atoms with Gasteiger partial charge in [0.05, 0.1) is 7.11 Å². The summed E-state index contributed by atoms with van der Waals surface area (Å²) in [5, 5.41) is 0.693. The highest BCUT2D eigenvalue weighted by Crippen LogP contribution is 2.26. The number of hydrogen-bond acceptors (Lipinski definition) is 4. The molecule has 0 aliphatic rings. The van der Waals surface area contributed by atoms with Crippen molar-refractivity contribution in [1.29, 1.82) is 0 Å². The van der Waals surface area contributed by atoms with Crippen LogP contribution in [0.4, 0.5) is 0 Å². The van der Waals surface area contributed by atoms with Crippen LogP contribution in [0.2, 0.25) is 5.28 Å². The van der Waals surface area contributed by atoms with Crippen LogP contribution in [0.5, 0.6) is 5.75 Å². The van der Waals surface area contributed by atoms with Crippen molar-refractivity contribution in [1.82, 2.24) is 9.97 Å². The molecule has 0 N–H and O–H groups in total. The Kier molecular flexibility index (Phi) is 2.75. The number of methoxy groups -OCH3 is 1. The van der Waals surface area contributed by atoms with E-state index in [1.807, 2.05) is 0 Å². The lowest BCUT2D eigenvalue weighted by molar-refractivity contribution is 0.101. The number of ether oxygens (including phenoxy) is 1. The molecule has 82 valence electrons. The monoisotopic (exact) mass is 236 g/mol. The van der Waals surface area contributed by atoms with Gasteiger partial charge in [0.2, 0.25) is 5.28 Å². The van der Waals surface area contributed by atoms with Gasteiger partial charge in [-0.05, 0) is 17.7 Å². The molecular weight excluding hydrogens is 228 g/mol. The molecule has 0 bridgehead atoms. The predicted octanol–water partition coefficient (Wildman–Crippen LogP) is 2.49. The van der Waals surface area contributed by atoms with Crippen molar-refractivity contribution in [2.45, 2.75) is 6.92 Å². The van der Waals surface area contributed by atoms with Crippen LogP contribution in [0.15, 0.2) is 18.2 Å². The van der Waals surface area contributed by atoms with Crippen molar-refractivity contribution < 1.29 is 9.53 Å². The van der Waals surface area contributed by atoms with E-state index in [0.29, 0.717) is 22.3 Å². The molecule has 16 heavy (non-hydrogen) atoms. The van der Waals surface area contributed by atoms with E-state index in [2.05, 4.69) is 9.97 Å². The van der Waals surface area contributed by atoms with Gasteiger partial charge in [-0.2, -0.15) is 0 Å². The zero-order valence-corrected chi connectivity index (χ0v) is 9.58. The third-order valence-corrected chi connectivity index (χ3v) is 2.38. The third kappa shape index (κ3) is 1.72. The smallest absolute Gasteiger partial charge is 0.223 e. The molecule has 0 aliphatic carbocycles. The van der Waals surface area contributed by atoms with Gasteiger partial charge in [0, 0.05) is 12.3 Å². The number of ketones is 1. The Bertz CT molecular complexity index is 569. The standard InChI is InChI=1S/C11H9ClN2O2/c1-6(15)9-7-4-3-5-8(16-2)10(7)14-11(12)13-9/h3-5H,1-2H3. The highest BCUT2D eigenvalue weighted by Gasteiger charge is 2.13. The Morgan fingerprint density at radius 2 is 2.12 bits per heavy atom. The maximum atomic E-state index is 11.4. The molecule has 2 aromatic rings. The number of nitrogens with zero attached hydrogens (tertiary/aromatic N) is 2. The van der Waals surface area contributed by atoms with Crippen LogP contribution < -0.4 is 4.74 Å². The second kappa shape index (κ2) is 4.06. The molecule has 0 aliphatic heterocycles. The average molecular weight is 237 g/mol. The molecule has 4 nitrogen and oxygen atoms in total. The number of carbonyl (C=O) groups is 1. The Balaban J connectivity index is 2.88. The summed E-state index contributed by atoms with van der Waals surface area (Å²) in [6.45, 7) is 1.44. The average Bonchev–Trinajstić information content (AvgIpc) is 2.27. The fourth-order valence-corrected chi connectivity index (χ4v) is 1.70. The van der Waals surface area contributed by atoms with Gasteiger partial charge in [0.25, 0.3) is 0 Å². The quantitative estimate of drug-likeness (QED) is 0.594. The molecule has 0 atom stereocenters. The summed E-state index contributed by atoms with van der Waals surface area (Å²) in [6, 6.07) is 5.31. The van der Waals surface area contributed by atoms with Crippen molar-refractivity contribution in [3.8, 4) is 5.75 Å². The first kappa shape index (κ1) is 10.8. The van der Waals surface area contributed by atoms with Crippen LogP contribution in [0.1, 0.15) is 17.4 Å². The van der Waals surface area contributed by atoms with Gasteiger partial charge >= 0.3 is 0 Å². The van der Waals surface area contributed by atoms with Gasteiger partial charge in [-0.3, -0.25) is 4.79 Å². The van der Waals surface area contributed by atoms with Crippen molar-refractivity contribution >= 4 is 28.3 Å². The van der Waals surface area contributed by atoms with Gasteiger partial charge in [-0.15, -0.1) is 0 Å². The summed E-state index contributed by atoms with van der Waals surface area (Å²) in [6.07, 6.45) is 0. The van der Waals surface area contributed by atoms with Crippen LogP contribution in [0.25, 0.3) is 10.9 Å². The largest absolute Gasteiger partial charge is 0.494 e. The number of halogens is 1. The lowest BCUT2D eigenvalue weighted by atomic mass is 10.1. The van der Waals surface area contributed by atoms with Gasteiger partial charge in [-0.25, -0.2) is 9.97 Å². The summed E-state index contributed by atoms with van der Waals surface area (Å²) < 4.78 is 5.16. The minimum absolute atomic E-state index is 0.0437. The normalized spacial score (nSPS) is 10.4. The van der Waals surface area contributed by atoms with Crippen molar-refractivity contribution in [2.24, 2.45) is 0 Å².